The standard InChI is InChI=1S/C5H6.3CH3.Pt/c1-2-4-5-3-1;;;;/h1-4H,5H2;3*1H3;. The van der Waals surface area contributed by atoms with Crippen LogP contribution < -0.4 is 0 Å². The zero-order valence-electron chi connectivity index (χ0n) is 6.33. The van der Waals surface area contributed by atoms with Gasteiger partial charge in [-0.15, -0.1) is 0 Å². The molecule has 0 fully saturated rings. The first-order valence-corrected chi connectivity index (χ1v) is 9.58. The zero-order valence-corrected chi connectivity index (χ0v) is 8.60. The molecule has 0 radical (unpaired) electrons. The number of allylic oxidation sites excluding steroid dienone is 4. The van der Waals surface area contributed by atoms with Gasteiger partial charge in [0.1, 0.15) is 0 Å². The van der Waals surface area contributed by atoms with Gasteiger partial charge in [-0.1, -0.05) is 24.3 Å². The van der Waals surface area contributed by atoms with E-state index in [9.17, 15) is 0 Å². The molecule has 0 saturated carbocycles. The molecule has 0 aromatic carbocycles. The van der Waals surface area contributed by atoms with Gasteiger partial charge in [0.2, 0.25) is 0 Å². The van der Waals surface area contributed by atoms with Crippen LogP contribution >= 0.6 is 0 Å². The van der Waals surface area contributed by atoms with Crippen LogP contribution in [-0.2, 0) is 17.3 Å². The number of hydrogen-bond donors (Lipinski definition) is 0. The SMILES string of the molecule is C1=CCC=C1.[CH3][Pt]([CH3])[CH3]. The first-order valence-electron chi connectivity index (χ1n) is 2.77. The molecule has 0 aromatic heterocycles. The van der Waals surface area contributed by atoms with Crippen LogP contribution in [0, 0.1) is 0 Å². The molecule has 0 bridgehead atoms. The topological polar surface area (TPSA) is 0 Å². The molecule has 57 valence electrons. The van der Waals surface area contributed by atoms with Crippen molar-refractivity contribution in [2.24, 2.45) is 0 Å². The van der Waals surface area contributed by atoms with Gasteiger partial charge in [-0.3, -0.25) is 0 Å². The van der Waals surface area contributed by atoms with Crippen LogP contribution in [-0.4, -0.2) is 0 Å². The van der Waals surface area contributed by atoms with Crippen molar-refractivity contribution in [1.82, 2.24) is 0 Å². The van der Waals surface area contributed by atoms with Gasteiger partial charge in [0.15, 0.2) is 0 Å². The molecule has 0 spiro atoms. The van der Waals surface area contributed by atoms with Crippen molar-refractivity contribution in [1.29, 1.82) is 0 Å². The Labute approximate surface area is 64.2 Å². The summed E-state index contributed by atoms with van der Waals surface area (Å²) in [5, 5.41) is 6.97. The molecule has 1 heteroatoms. The third kappa shape index (κ3) is 11.6. The van der Waals surface area contributed by atoms with Gasteiger partial charge in [0, 0.05) is 0 Å². The van der Waals surface area contributed by atoms with Crippen molar-refractivity contribution in [2.45, 2.75) is 22.4 Å². The predicted octanol–water partition coefficient (Wildman–Crippen LogP) is 3.25. The summed E-state index contributed by atoms with van der Waals surface area (Å²) in [7, 11) is 0. The summed E-state index contributed by atoms with van der Waals surface area (Å²) in [6.07, 6.45) is 9.50. The van der Waals surface area contributed by atoms with Crippen molar-refractivity contribution in [3.05, 3.63) is 24.3 Å². The van der Waals surface area contributed by atoms with Crippen LogP contribution in [0.2, 0.25) is 15.9 Å². The Kier molecular flexibility index (Phi) is 6.41. The van der Waals surface area contributed by atoms with Crippen LogP contribution in [0.1, 0.15) is 6.42 Å². The molecule has 0 N–H and O–H groups in total. The number of hydrogen-bond acceptors (Lipinski definition) is 0. The van der Waals surface area contributed by atoms with E-state index >= 15 is 0 Å². The molecule has 0 aliphatic heterocycles. The third-order valence-electron chi connectivity index (χ3n) is 0.655. The van der Waals surface area contributed by atoms with Gasteiger partial charge in [0.25, 0.3) is 0 Å². The molecule has 0 heterocycles. The molecule has 0 saturated heterocycles. The Morgan fingerprint density at radius 2 is 1.33 bits per heavy atom. The van der Waals surface area contributed by atoms with E-state index in [-0.39, 0.29) is 17.3 Å². The summed E-state index contributed by atoms with van der Waals surface area (Å²) in [4.78, 5) is 0. The Hall–Kier alpha value is 0.168. The molecule has 0 aromatic rings. The monoisotopic (exact) mass is 306 g/mol. The Balaban J connectivity index is 0.000000148. The summed E-state index contributed by atoms with van der Waals surface area (Å²) in [6, 6.07) is 0. The second kappa shape index (κ2) is 6.29. The second-order valence-electron chi connectivity index (χ2n) is 2.04. The molecule has 0 unspecified atom stereocenters. The van der Waals surface area contributed by atoms with Gasteiger partial charge in [-0.05, 0) is 6.42 Å². The van der Waals surface area contributed by atoms with Crippen LogP contribution in [0.15, 0.2) is 24.3 Å². The average molecular weight is 306 g/mol. The molecule has 9 heavy (non-hydrogen) atoms. The Morgan fingerprint density at radius 3 is 1.44 bits per heavy atom. The quantitative estimate of drug-likeness (QED) is 0.644. The van der Waals surface area contributed by atoms with Crippen LogP contribution in [0.25, 0.3) is 0 Å². The van der Waals surface area contributed by atoms with Gasteiger partial charge >= 0.3 is 33.3 Å². The first kappa shape index (κ1) is 9.17. The van der Waals surface area contributed by atoms with E-state index in [2.05, 4.69) is 40.2 Å². The molecule has 0 nitrogen and oxygen atoms in total. The average Bonchev–Trinajstić information content (AvgIpc) is 2.11. The Morgan fingerprint density at radius 1 is 1.00 bits per heavy atom. The Bertz CT molecular complexity index is 88.4. The minimum atomic E-state index is -0.269. The van der Waals surface area contributed by atoms with Crippen molar-refractivity contribution in [3.63, 3.8) is 0 Å². The maximum absolute atomic E-state index is 2.32. The van der Waals surface area contributed by atoms with Crippen molar-refractivity contribution >= 4 is 0 Å². The van der Waals surface area contributed by atoms with E-state index in [1.165, 1.54) is 0 Å². The fraction of sp³-hybridized carbons (Fsp3) is 0.500. The van der Waals surface area contributed by atoms with Crippen LogP contribution in [0.4, 0.5) is 0 Å². The molecular weight excluding hydrogens is 291 g/mol. The number of rotatable bonds is 0. The van der Waals surface area contributed by atoms with Crippen LogP contribution in [0.3, 0.4) is 0 Å². The van der Waals surface area contributed by atoms with Gasteiger partial charge < -0.3 is 0 Å². The van der Waals surface area contributed by atoms with E-state index in [0.717, 1.165) is 6.42 Å². The minimum absolute atomic E-state index is 0.269. The van der Waals surface area contributed by atoms with E-state index in [1.807, 2.05) is 0 Å². The maximum atomic E-state index is 2.32. The summed E-state index contributed by atoms with van der Waals surface area (Å²) in [5.74, 6) is 0. The first-order chi connectivity index (χ1) is 4.23. The van der Waals surface area contributed by atoms with Gasteiger partial charge in [-0.25, -0.2) is 0 Å². The zero-order chi connectivity index (χ0) is 7.11. The molecule has 1 aliphatic rings. The van der Waals surface area contributed by atoms with E-state index in [1.54, 1.807) is 0 Å². The van der Waals surface area contributed by atoms with Crippen LogP contribution in [0.5, 0.6) is 0 Å². The molecule has 0 amide bonds. The molecule has 0 atom stereocenters. The summed E-state index contributed by atoms with van der Waals surface area (Å²) in [6.45, 7) is 0. The fourth-order valence-corrected chi connectivity index (χ4v) is 0.393. The summed E-state index contributed by atoms with van der Waals surface area (Å²) >= 11 is -0.269. The molecular formula is C8H15Pt. The summed E-state index contributed by atoms with van der Waals surface area (Å²) in [5.41, 5.74) is 0. The van der Waals surface area contributed by atoms with Gasteiger partial charge in [-0.2, -0.15) is 0 Å². The van der Waals surface area contributed by atoms with E-state index in [4.69, 9.17) is 0 Å². The summed E-state index contributed by atoms with van der Waals surface area (Å²) < 4.78 is 0. The molecule has 1 rings (SSSR count). The fourth-order valence-electron chi connectivity index (χ4n) is 0.393. The second-order valence-corrected chi connectivity index (χ2v) is 8.86. The predicted molar refractivity (Wildman–Crippen MR) is 40.5 cm³/mol. The van der Waals surface area contributed by atoms with Crippen molar-refractivity contribution < 1.29 is 17.3 Å². The third-order valence-corrected chi connectivity index (χ3v) is 0.655. The van der Waals surface area contributed by atoms with E-state index in [0.29, 0.717) is 0 Å². The molecule has 1 aliphatic carbocycles. The van der Waals surface area contributed by atoms with Crippen molar-refractivity contribution in [2.75, 3.05) is 0 Å². The normalized spacial score (nSPS) is 14.8. The van der Waals surface area contributed by atoms with E-state index < -0.39 is 0 Å². The van der Waals surface area contributed by atoms with Gasteiger partial charge in [0.05, 0.1) is 0 Å². The van der Waals surface area contributed by atoms with Crippen molar-refractivity contribution in [3.8, 4) is 0 Å².